The molecule has 0 saturated heterocycles. The highest BCUT2D eigenvalue weighted by molar-refractivity contribution is 8.14. The summed E-state index contributed by atoms with van der Waals surface area (Å²) in [4.78, 5) is 122. The molecule has 0 aromatic carbocycles. The van der Waals surface area contributed by atoms with Crippen LogP contribution in [-0.4, -0.2) is 172 Å². The average molecular weight is 1530 g/mol. The summed E-state index contributed by atoms with van der Waals surface area (Å²) >= 11 is 7.54. The van der Waals surface area contributed by atoms with Crippen molar-refractivity contribution in [1.82, 2.24) is 9.34 Å². The Labute approximate surface area is 542 Å². The first-order valence-electron chi connectivity index (χ1n) is 25.3. The van der Waals surface area contributed by atoms with Gasteiger partial charge in [-0.2, -0.15) is 4.31 Å². The molecule has 5 atom stereocenters. The number of carbonyl (C=O) groups is 4. The monoisotopic (exact) mass is 1530 g/mol. The Balaban J connectivity index is -0.000000183. The molecule has 0 spiro atoms. The van der Waals surface area contributed by atoms with Gasteiger partial charge in [-0.15, -0.1) is 0 Å². The Morgan fingerprint density at radius 1 is 0.427 bits per heavy atom. The molecule has 5 unspecified atom stereocenters. The predicted molar refractivity (Wildman–Crippen MR) is 354 cm³/mol. The molecule has 0 fully saturated rings. The fourth-order valence-electron chi connectivity index (χ4n) is 4.57. The zero-order valence-corrected chi connectivity index (χ0v) is 66.7. The van der Waals surface area contributed by atoms with E-state index in [1.54, 1.807) is 62.6 Å². The molecule has 44 heteroatoms. The third-order valence-corrected chi connectivity index (χ3v) is 35.2. The van der Waals surface area contributed by atoms with Gasteiger partial charge < -0.3 is 62.6 Å². The van der Waals surface area contributed by atoms with Crippen LogP contribution in [0.2, 0.25) is 0 Å². The predicted octanol–water partition coefficient (Wildman–Crippen LogP) is 12.5. The highest BCUT2D eigenvalue weighted by atomic mass is 32.4. The molecule has 0 rings (SSSR count). The smallest absolute Gasteiger partial charge is 0.468 e. The van der Waals surface area contributed by atoms with Crippen molar-refractivity contribution in [1.29, 1.82) is 0 Å². The number of thioether (sulfide) groups is 2. The maximum atomic E-state index is 12.9. The highest BCUT2D eigenvalue weighted by Crippen LogP contribution is 2.70. The van der Waals surface area contributed by atoms with E-state index in [0.29, 0.717) is 0 Å². The van der Waals surface area contributed by atoms with Gasteiger partial charge >= 0.3 is 65.8 Å². The topological polar surface area (TPSA) is 476 Å². The summed E-state index contributed by atoms with van der Waals surface area (Å²) in [5, 5.41) is -5.23. The molecule has 540 valence electrons. The lowest BCUT2D eigenvalue weighted by Gasteiger charge is -2.46. The van der Waals surface area contributed by atoms with Crippen LogP contribution in [0.25, 0.3) is 0 Å². The van der Waals surface area contributed by atoms with Crippen molar-refractivity contribution >= 4 is 125 Å². The van der Waals surface area contributed by atoms with Crippen LogP contribution in [0.4, 0.5) is 0 Å². The normalized spacial score (nSPS) is 16.6. The number of esters is 2. The fraction of sp³-hybridized carbons (Fsp3) is 0.911. The van der Waals surface area contributed by atoms with Gasteiger partial charge in [0.25, 0.3) is 7.52 Å². The lowest BCUT2D eigenvalue weighted by atomic mass is 10.1. The van der Waals surface area contributed by atoms with Crippen molar-refractivity contribution in [2.24, 2.45) is 0 Å². The Hall–Kier alpha value is 0.750. The van der Waals surface area contributed by atoms with E-state index in [2.05, 4.69) is 12.9 Å². The molecule has 0 aliphatic rings. The van der Waals surface area contributed by atoms with Gasteiger partial charge in [0.15, 0.2) is 10.2 Å². The second kappa shape index (κ2) is 38.2. The van der Waals surface area contributed by atoms with Gasteiger partial charge in [0, 0.05) is 33.2 Å². The van der Waals surface area contributed by atoms with Crippen molar-refractivity contribution in [3.05, 3.63) is 0 Å². The minimum Gasteiger partial charge on any atom is -0.468 e. The van der Waals surface area contributed by atoms with E-state index >= 15 is 0 Å². The molecule has 0 aliphatic carbocycles. The van der Waals surface area contributed by atoms with E-state index in [1.807, 2.05) is 53.3 Å². The second-order valence-electron chi connectivity index (χ2n) is 25.1. The molecule has 0 saturated carbocycles. The van der Waals surface area contributed by atoms with Crippen molar-refractivity contribution in [2.45, 2.75) is 216 Å². The van der Waals surface area contributed by atoms with E-state index in [4.69, 9.17) is 78.5 Å². The molecule has 0 amide bonds. The van der Waals surface area contributed by atoms with Crippen LogP contribution in [-0.2, 0) is 108 Å². The van der Waals surface area contributed by atoms with E-state index in [0.717, 1.165) is 23.5 Å². The first-order valence-corrected chi connectivity index (χ1v) is 42.4. The Morgan fingerprint density at radius 3 is 0.888 bits per heavy atom. The first kappa shape index (κ1) is 103. The van der Waals surface area contributed by atoms with Gasteiger partial charge in [-0.1, -0.05) is 51.7 Å². The average Bonchev–Trinajstić information content (AvgIpc) is 3.26. The van der Waals surface area contributed by atoms with Crippen LogP contribution in [0, 0.1) is 0 Å². The fourth-order valence-corrected chi connectivity index (χ4v) is 18.5. The van der Waals surface area contributed by atoms with Gasteiger partial charge in [0.1, 0.15) is 29.4 Å². The van der Waals surface area contributed by atoms with Crippen molar-refractivity contribution in [2.75, 3.05) is 54.4 Å². The zero-order chi connectivity index (χ0) is 73.2. The second-order valence-corrected chi connectivity index (χ2v) is 50.4. The Morgan fingerprint density at radius 2 is 0.708 bits per heavy atom. The summed E-state index contributed by atoms with van der Waals surface area (Å²) in [6.45, 7) is 38.8. The van der Waals surface area contributed by atoms with Crippen LogP contribution >= 0.6 is 91.3 Å². The molecule has 0 radical (unpaired) electrons. The number of rotatable bonds is 20. The summed E-state index contributed by atoms with van der Waals surface area (Å²) < 4.78 is 135. The number of hydrogen-bond donors (Lipinski definition) is 9. The van der Waals surface area contributed by atoms with Gasteiger partial charge in [0.05, 0.1) is 40.0 Å². The van der Waals surface area contributed by atoms with Crippen molar-refractivity contribution < 1.29 is 140 Å². The first-order chi connectivity index (χ1) is 37.8. The molecule has 0 aromatic heterocycles. The highest BCUT2D eigenvalue weighted by Gasteiger charge is 2.51. The van der Waals surface area contributed by atoms with Gasteiger partial charge in [-0.3, -0.25) is 51.1 Å². The summed E-state index contributed by atoms with van der Waals surface area (Å²) in [6, 6.07) is 0. The van der Waals surface area contributed by atoms with E-state index in [9.17, 15) is 60.6 Å². The lowest BCUT2D eigenvalue weighted by Crippen LogP contribution is -2.49. The number of phosphoric acid groups is 3. The molecule has 89 heavy (non-hydrogen) atoms. The number of likely N-dealkylation sites (N-methyl/N-ethyl adjacent to an activating group) is 2. The number of nitrogens with zero attached hydrogens (tertiary/aromatic N) is 2. The summed E-state index contributed by atoms with van der Waals surface area (Å²) in [5.41, 5.74) is -1.80. The molecule has 0 aromatic rings. The number of hydrogen-bond acceptors (Lipinski definition) is 24. The molecule has 0 bridgehead atoms. The van der Waals surface area contributed by atoms with Crippen LogP contribution in [0.5, 0.6) is 0 Å². The largest absolute Gasteiger partial charge is 0.488 e. The Kier molecular flexibility index (Phi) is 44.3. The molecule has 0 heterocycles. The quantitative estimate of drug-likeness (QED) is 0.0310. The standard InChI is InChI=1S/C11H24NO4P.C11H24NO3PS.C10H19O5PS2.C4H13O9P3.C4H12O6P2.C4H11O3P.CH4/c1-10(2,3)17(14,16-8)12(6)11(4,5)9(13)15-7;1-10(2,3)16(17,15-8)12(6)11(4,5)9(13)14-7;1-8(11)17-6-14-16(13,10(3,4)5)15-7-18-9(2)12;1-4(2,3)14(5,6)12-16(10,11)13-15(7,8)9;1-4(2,3)11(5,6)10-12(7,8)9;1-4(2,3)8(5,6)7;/h2*1-8H3;6-7H2,1-5H3;1-3H3,(H,5,6)(H,10,11)(H2,7,8,9);1-3H3,(H,5,6)(H2,7,8,9);1-3H3,(H2,5,6,7);1H4. The van der Waals surface area contributed by atoms with E-state index in [1.165, 1.54) is 102 Å². The van der Waals surface area contributed by atoms with Gasteiger partial charge in [0.2, 0.25) is 0 Å². The van der Waals surface area contributed by atoms with Crippen molar-refractivity contribution in [3.8, 4) is 0 Å². The number of carbonyl (C=O) groups excluding carboxylic acids is 4. The summed E-state index contributed by atoms with van der Waals surface area (Å²) in [6.07, 6.45) is -2.30. The molecular weight excluding hydrogens is 1420 g/mol. The minimum absolute atomic E-state index is 0. The SMILES string of the molecule is C.CC(=O)SCOP(=O)(OCSC(C)=O)C(C)(C)C.CC(C)(C)P(=O)(O)O.CC(C)(C)P(=O)(O)OP(=O)(O)O.CC(C)(C)P(=O)(O)OP(=O)(O)OP(=O)(O)O.COC(=O)C(C)(C)N(C)P(=O)(OC)C(C)(C)C.COC(=O)C(C)(C)N(C)P(=S)(OC)C(C)(C)C. The van der Waals surface area contributed by atoms with Crippen LogP contribution in [0.3, 0.4) is 0 Å². The molecular formula is C45H107N2O30P9S3. The van der Waals surface area contributed by atoms with Crippen LogP contribution < -0.4 is 0 Å². The lowest BCUT2D eigenvalue weighted by molar-refractivity contribution is -0.150. The van der Waals surface area contributed by atoms with Crippen LogP contribution in [0.1, 0.15) is 174 Å². The van der Waals surface area contributed by atoms with Crippen molar-refractivity contribution in [3.63, 3.8) is 0 Å². The number of ether oxygens (including phenoxy) is 2. The zero-order valence-electron chi connectivity index (χ0n) is 56.2. The van der Waals surface area contributed by atoms with E-state index < -0.39 is 111 Å². The third kappa shape index (κ3) is 37.9. The minimum atomic E-state index is -5.31. The Bertz CT molecular complexity index is 2620. The van der Waals surface area contributed by atoms with E-state index in [-0.39, 0.29) is 40.7 Å². The van der Waals surface area contributed by atoms with Crippen LogP contribution in [0.15, 0.2) is 0 Å². The number of methoxy groups -OCH3 is 2. The third-order valence-electron chi connectivity index (χ3n) is 11.0. The molecule has 9 N–H and O–H groups in total. The summed E-state index contributed by atoms with van der Waals surface area (Å²) in [5.74, 6) is -0.791. The summed E-state index contributed by atoms with van der Waals surface area (Å²) in [7, 11) is -25.5. The maximum Gasteiger partial charge on any atom is 0.488 e. The van der Waals surface area contributed by atoms with Gasteiger partial charge in [-0.05, 0) is 157 Å². The molecule has 0 aliphatic heterocycles. The maximum absolute atomic E-state index is 12.9. The van der Waals surface area contributed by atoms with Gasteiger partial charge in [-0.25, -0.2) is 31.7 Å². The molecule has 32 nitrogen and oxygen atoms in total.